The van der Waals surface area contributed by atoms with E-state index >= 15 is 0 Å². The van der Waals surface area contributed by atoms with Crippen molar-refractivity contribution in [2.75, 3.05) is 5.32 Å². The van der Waals surface area contributed by atoms with Crippen molar-refractivity contribution in [3.8, 4) is 11.6 Å². The third-order valence-electron chi connectivity index (χ3n) is 4.49. The van der Waals surface area contributed by atoms with E-state index in [0.717, 1.165) is 22.4 Å². The first-order valence-electron chi connectivity index (χ1n) is 9.35. The summed E-state index contributed by atoms with van der Waals surface area (Å²) in [4.78, 5) is 25.0. The molecule has 0 aliphatic rings. The van der Waals surface area contributed by atoms with Gasteiger partial charge in [-0.2, -0.15) is 5.10 Å². The lowest BCUT2D eigenvalue weighted by molar-refractivity contribution is 0.102. The van der Waals surface area contributed by atoms with E-state index in [9.17, 15) is 4.79 Å². The molecule has 8 nitrogen and oxygen atoms in total. The van der Waals surface area contributed by atoms with Crippen LogP contribution in [0.2, 0.25) is 0 Å². The number of ether oxygens (including phenoxy) is 1. The summed E-state index contributed by atoms with van der Waals surface area (Å²) in [6.45, 7) is 4.28. The second kappa shape index (κ2) is 8.52. The van der Waals surface area contributed by atoms with E-state index in [4.69, 9.17) is 4.74 Å². The average Bonchev–Trinajstić information content (AvgIpc) is 3.29. The molecule has 0 saturated heterocycles. The SMILES string of the molecule is Cc1cc(C(=O)Nc2ccc(-n3cncn3)nc2)cc(C)c1OCc1cccnc1. The second-order valence-electron chi connectivity index (χ2n) is 6.79. The van der Waals surface area contributed by atoms with Crippen LogP contribution in [0.1, 0.15) is 27.0 Å². The van der Waals surface area contributed by atoms with Crippen molar-refractivity contribution in [2.24, 2.45) is 0 Å². The summed E-state index contributed by atoms with van der Waals surface area (Å²) in [5.41, 5.74) is 3.92. The van der Waals surface area contributed by atoms with Crippen molar-refractivity contribution in [2.45, 2.75) is 20.5 Å². The number of pyridine rings is 2. The zero-order valence-electron chi connectivity index (χ0n) is 16.6. The summed E-state index contributed by atoms with van der Waals surface area (Å²) in [7, 11) is 0. The summed E-state index contributed by atoms with van der Waals surface area (Å²) in [6, 6.07) is 11.0. The van der Waals surface area contributed by atoms with Gasteiger partial charge in [0.05, 0.1) is 11.9 Å². The molecule has 3 heterocycles. The van der Waals surface area contributed by atoms with Crippen LogP contribution in [0.4, 0.5) is 5.69 Å². The maximum atomic E-state index is 12.7. The first-order valence-corrected chi connectivity index (χ1v) is 9.35. The zero-order valence-corrected chi connectivity index (χ0v) is 16.6. The third kappa shape index (κ3) is 4.33. The zero-order chi connectivity index (χ0) is 20.9. The minimum Gasteiger partial charge on any atom is -0.488 e. The number of anilines is 1. The number of aromatic nitrogens is 5. The number of aryl methyl sites for hydroxylation is 2. The van der Waals surface area contributed by atoms with Crippen LogP contribution in [0.3, 0.4) is 0 Å². The Labute approximate surface area is 173 Å². The van der Waals surface area contributed by atoms with E-state index in [1.165, 1.54) is 6.33 Å². The molecule has 0 saturated carbocycles. The van der Waals surface area contributed by atoms with Gasteiger partial charge in [0.25, 0.3) is 5.91 Å². The van der Waals surface area contributed by atoms with Gasteiger partial charge >= 0.3 is 0 Å². The van der Waals surface area contributed by atoms with Gasteiger partial charge in [0.15, 0.2) is 5.82 Å². The van der Waals surface area contributed by atoms with Crippen molar-refractivity contribution >= 4 is 11.6 Å². The van der Waals surface area contributed by atoms with Gasteiger partial charge in [0, 0.05) is 23.5 Å². The van der Waals surface area contributed by atoms with Crippen LogP contribution in [0.5, 0.6) is 5.75 Å². The van der Waals surface area contributed by atoms with E-state index in [2.05, 4.69) is 25.4 Å². The molecule has 0 aliphatic heterocycles. The molecule has 1 aromatic carbocycles. The summed E-state index contributed by atoms with van der Waals surface area (Å²) in [5.74, 6) is 1.18. The molecule has 0 fully saturated rings. The number of benzene rings is 1. The summed E-state index contributed by atoms with van der Waals surface area (Å²) in [5, 5.41) is 6.89. The molecule has 3 aromatic heterocycles. The first-order chi connectivity index (χ1) is 14.6. The van der Waals surface area contributed by atoms with Gasteiger partial charge in [-0.1, -0.05) is 6.07 Å². The number of carbonyl (C=O) groups excluding carboxylic acids is 1. The predicted molar refractivity (Wildman–Crippen MR) is 112 cm³/mol. The Hall–Kier alpha value is -4.07. The van der Waals surface area contributed by atoms with Gasteiger partial charge in [-0.3, -0.25) is 9.78 Å². The largest absolute Gasteiger partial charge is 0.488 e. The van der Waals surface area contributed by atoms with E-state index in [1.807, 2.05) is 38.1 Å². The van der Waals surface area contributed by atoms with Crippen molar-refractivity contribution in [3.05, 3.63) is 89.9 Å². The number of hydrogen-bond acceptors (Lipinski definition) is 6. The number of nitrogens with zero attached hydrogens (tertiary/aromatic N) is 5. The smallest absolute Gasteiger partial charge is 0.255 e. The van der Waals surface area contributed by atoms with E-state index < -0.39 is 0 Å². The Morgan fingerprint density at radius 3 is 2.57 bits per heavy atom. The third-order valence-corrected chi connectivity index (χ3v) is 4.49. The second-order valence-corrected chi connectivity index (χ2v) is 6.79. The molecule has 0 unspecified atom stereocenters. The lowest BCUT2D eigenvalue weighted by Crippen LogP contribution is -2.13. The van der Waals surface area contributed by atoms with Crippen LogP contribution in [0.25, 0.3) is 5.82 Å². The normalized spacial score (nSPS) is 10.6. The maximum Gasteiger partial charge on any atom is 0.255 e. The summed E-state index contributed by atoms with van der Waals surface area (Å²) < 4.78 is 7.50. The summed E-state index contributed by atoms with van der Waals surface area (Å²) >= 11 is 0. The molecule has 4 aromatic rings. The fourth-order valence-electron chi connectivity index (χ4n) is 3.07. The van der Waals surface area contributed by atoms with E-state index in [-0.39, 0.29) is 5.91 Å². The molecular formula is C22H20N6O2. The Morgan fingerprint density at radius 1 is 1.10 bits per heavy atom. The topological polar surface area (TPSA) is 94.8 Å². The molecule has 4 rings (SSSR count). The Bertz CT molecular complexity index is 1120. The fourth-order valence-corrected chi connectivity index (χ4v) is 3.07. The molecule has 1 amide bonds. The standard InChI is InChI=1S/C22H20N6O2/c1-15-8-18(9-16(2)21(15)30-12-17-4-3-7-23-10-17)22(29)27-19-5-6-20(25-11-19)28-14-24-13-26-28/h3-11,13-14H,12H2,1-2H3,(H,27,29). The lowest BCUT2D eigenvalue weighted by atomic mass is 10.0. The van der Waals surface area contributed by atoms with Crippen LogP contribution >= 0.6 is 0 Å². The molecule has 150 valence electrons. The molecule has 0 bridgehead atoms. The number of hydrogen-bond donors (Lipinski definition) is 1. The monoisotopic (exact) mass is 400 g/mol. The van der Waals surface area contributed by atoms with Crippen molar-refractivity contribution in [1.29, 1.82) is 0 Å². The van der Waals surface area contributed by atoms with Crippen LogP contribution in [-0.4, -0.2) is 30.6 Å². The van der Waals surface area contributed by atoms with Crippen molar-refractivity contribution in [3.63, 3.8) is 0 Å². The van der Waals surface area contributed by atoms with Gasteiger partial charge in [-0.25, -0.2) is 14.6 Å². The highest BCUT2D eigenvalue weighted by molar-refractivity contribution is 6.04. The van der Waals surface area contributed by atoms with Gasteiger partial charge < -0.3 is 10.1 Å². The van der Waals surface area contributed by atoms with Crippen LogP contribution < -0.4 is 10.1 Å². The van der Waals surface area contributed by atoms with E-state index in [1.54, 1.807) is 41.7 Å². The predicted octanol–water partition coefficient (Wildman–Crippen LogP) is 3.51. The van der Waals surface area contributed by atoms with Gasteiger partial charge in [0.2, 0.25) is 0 Å². The highest BCUT2D eigenvalue weighted by Gasteiger charge is 2.13. The van der Waals surface area contributed by atoms with Gasteiger partial charge in [-0.15, -0.1) is 0 Å². The Morgan fingerprint density at radius 2 is 1.93 bits per heavy atom. The average molecular weight is 400 g/mol. The number of rotatable bonds is 6. The minimum atomic E-state index is -0.213. The first kappa shape index (κ1) is 19.3. The van der Waals surface area contributed by atoms with Crippen LogP contribution in [-0.2, 0) is 6.61 Å². The highest BCUT2D eigenvalue weighted by atomic mass is 16.5. The molecule has 0 spiro atoms. The molecule has 8 heteroatoms. The molecular weight excluding hydrogens is 380 g/mol. The quantitative estimate of drug-likeness (QED) is 0.532. The number of carbonyl (C=O) groups is 1. The fraction of sp³-hybridized carbons (Fsp3) is 0.136. The van der Waals surface area contributed by atoms with Crippen molar-refractivity contribution < 1.29 is 9.53 Å². The van der Waals surface area contributed by atoms with E-state index in [0.29, 0.717) is 23.7 Å². The molecule has 30 heavy (non-hydrogen) atoms. The maximum absolute atomic E-state index is 12.7. The van der Waals surface area contributed by atoms with Gasteiger partial charge in [0.1, 0.15) is 25.0 Å². The minimum absolute atomic E-state index is 0.213. The Balaban J connectivity index is 1.45. The van der Waals surface area contributed by atoms with Crippen LogP contribution in [0.15, 0.2) is 67.6 Å². The van der Waals surface area contributed by atoms with Gasteiger partial charge in [-0.05, 0) is 55.3 Å². The number of amides is 1. The molecule has 0 atom stereocenters. The van der Waals surface area contributed by atoms with Crippen LogP contribution in [0, 0.1) is 13.8 Å². The molecule has 0 radical (unpaired) electrons. The number of nitrogens with one attached hydrogen (secondary N) is 1. The van der Waals surface area contributed by atoms with Crippen molar-refractivity contribution in [1.82, 2.24) is 24.7 Å². The Kier molecular flexibility index (Phi) is 5.47. The summed E-state index contributed by atoms with van der Waals surface area (Å²) in [6.07, 6.45) is 8.08. The molecule has 0 aliphatic carbocycles. The highest BCUT2D eigenvalue weighted by Crippen LogP contribution is 2.26. The lowest BCUT2D eigenvalue weighted by Gasteiger charge is -2.14. The molecule has 1 N–H and O–H groups in total.